The van der Waals surface area contributed by atoms with Crippen molar-refractivity contribution in [3.05, 3.63) is 66.1 Å². The fourth-order valence-corrected chi connectivity index (χ4v) is 3.78. The SMILES string of the molecule is Cc1n[nH]c2ccc(-c3cncc(OC[C@@H](N)Cc4ccc5c(c4)OC(F)(F)C(F)(F)O5)c3)cc12. The zero-order valence-electron chi connectivity index (χ0n) is 18.4. The number of halogens is 4. The van der Waals surface area contributed by atoms with Crippen molar-refractivity contribution in [2.75, 3.05) is 6.61 Å². The summed E-state index contributed by atoms with van der Waals surface area (Å²) in [6.45, 7) is 2.03. The van der Waals surface area contributed by atoms with Crippen LogP contribution >= 0.6 is 0 Å². The van der Waals surface area contributed by atoms with E-state index in [0.29, 0.717) is 11.3 Å². The Bertz CT molecular complexity index is 1390. The summed E-state index contributed by atoms with van der Waals surface area (Å²) in [5, 5.41) is 8.18. The van der Waals surface area contributed by atoms with Gasteiger partial charge >= 0.3 is 12.2 Å². The Balaban J connectivity index is 1.24. The Morgan fingerprint density at radius 1 is 0.971 bits per heavy atom. The van der Waals surface area contributed by atoms with Crippen molar-refractivity contribution in [1.29, 1.82) is 0 Å². The molecule has 7 nitrogen and oxygen atoms in total. The van der Waals surface area contributed by atoms with Gasteiger partial charge in [-0.05, 0) is 54.8 Å². The molecule has 182 valence electrons. The standard InChI is InChI=1S/C24H20F4N4O3/c1-13-19-9-15(3-4-20(19)32-31-13)16-8-18(11-30-10-16)33-12-17(29)6-14-2-5-21-22(7-14)35-24(27,28)23(25,26)34-21/h2-5,7-11,17H,6,12,29H2,1H3,(H,31,32)/t17-/m0/s1. The first-order chi connectivity index (χ1) is 16.6. The second-order valence-corrected chi connectivity index (χ2v) is 8.27. The molecule has 2 aromatic heterocycles. The molecule has 1 aliphatic rings. The summed E-state index contributed by atoms with van der Waals surface area (Å²) in [7, 11) is 0. The van der Waals surface area contributed by atoms with Crippen molar-refractivity contribution in [1.82, 2.24) is 15.2 Å². The molecule has 1 aliphatic heterocycles. The second-order valence-electron chi connectivity index (χ2n) is 8.27. The van der Waals surface area contributed by atoms with Crippen LogP contribution in [0.5, 0.6) is 17.2 Å². The minimum atomic E-state index is -4.78. The number of hydrogen-bond acceptors (Lipinski definition) is 6. The maximum atomic E-state index is 13.4. The van der Waals surface area contributed by atoms with Crippen LogP contribution in [0.1, 0.15) is 11.3 Å². The Hall–Kier alpha value is -3.86. The third-order valence-corrected chi connectivity index (χ3v) is 5.59. The molecule has 1 atom stereocenters. The van der Waals surface area contributed by atoms with E-state index in [0.717, 1.165) is 33.8 Å². The molecular formula is C24H20F4N4O3. The fourth-order valence-electron chi connectivity index (χ4n) is 3.78. The Labute approximate surface area is 196 Å². The molecule has 4 aromatic rings. The highest BCUT2D eigenvalue weighted by molar-refractivity contribution is 5.86. The molecule has 5 rings (SSSR count). The van der Waals surface area contributed by atoms with Gasteiger partial charge in [0.15, 0.2) is 11.5 Å². The number of hydrogen-bond donors (Lipinski definition) is 2. The minimum Gasteiger partial charge on any atom is -0.490 e. The average Bonchev–Trinajstić information content (AvgIpc) is 3.18. The number of nitrogens with one attached hydrogen (secondary N) is 1. The lowest BCUT2D eigenvalue weighted by Crippen LogP contribution is -2.52. The minimum absolute atomic E-state index is 0.105. The largest absolute Gasteiger partial charge is 0.507 e. The Morgan fingerprint density at radius 2 is 1.74 bits per heavy atom. The highest BCUT2D eigenvalue weighted by atomic mass is 19.3. The number of benzene rings is 2. The van der Waals surface area contributed by atoms with Gasteiger partial charge in [0.25, 0.3) is 0 Å². The van der Waals surface area contributed by atoms with Crippen molar-refractivity contribution in [3.8, 4) is 28.4 Å². The van der Waals surface area contributed by atoms with Crippen LogP contribution in [0.3, 0.4) is 0 Å². The van der Waals surface area contributed by atoms with Gasteiger partial charge in [0, 0.05) is 23.2 Å². The van der Waals surface area contributed by atoms with Gasteiger partial charge in [-0.1, -0.05) is 12.1 Å². The smallest absolute Gasteiger partial charge is 0.490 e. The van der Waals surface area contributed by atoms with E-state index in [1.54, 1.807) is 12.4 Å². The molecule has 3 heterocycles. The summed E-state index contributed by atoms with van der Waals surface area (Å²) in [6, 6.07) is 11.0. The predicted octanol–water partition coefficient (Wildman–Crippen LogP) is 4.84. The van der Waals surface area contributed by atoms with Gasteiger partial charge in [-0.25, -0.2) is 0 Å². The molecule has 0 radical (unpaired) electrons. The number of pyridine rings is 1. The van der Waals surface area contributed by atoms with Crippen LogP contribution in [0, 0.1) is 6.92 Å². The van der Waals surface area contributed by atoms with Crippen LogP contribution in [0.2, 0.25) is 0 Å². The maximum Gasteiger partial charge on any atom is 0.507 e. The van der Waals surface area contributed by atoms with Crippen LogP contribution in [0.15, 0.2) is 54.9 Å². The summed E-state index contributed by atoms with van der Waals surface area (Å²) in [6.07, 6.45) is -6.02. The fraction of sp³-hybridized carbons (Fsp3) is 0.250. The lowest BCUT2D eigenvalue weighted by atomic mass is 10.0. The third-order valence-electron chi connectivity index (χ3n) is 5.59. The van der Waals surface area contributed by atoms with E-state index in [2.05, 4.69) is 24.7 Å². The van der Waals surface area contributed by atoms with Crippen molar-refractivity contribution < 1.29 is 31.8 Å². The van der Waals surface area contributed by atoms with E-state index < -0.39 is 29.8 Å². The molecule has 0 spiro atoms. The van der Waals surface area contributed by atoms with Crippen LogP contribution in [0.4, 0.5) is 17.6 Å². The topological polar surface area (TPSA) is 95.3 Å². The number of nitrogens with two attached hydrogens (primary N) is 1. The molecule has 0 bridgehead atoms. The summed E-state index contributed by atoms with van der Waals surface area (Å²) < 4.78 is 67.6. The first-order valence-electron chi connectivity index (χ1n) is 10.7. The number of H-pyrrole nitrogens is 1. The molecule has 0 saturated carbocycles. The lowest BCUT2D eigenvalue weighted by molar-refractivity contribution is -0.391. The molecule has 3 N–H and O–H groups in total. The maximum absolute atomic E-state index is 13.4. The van der Waals surface area contributed by atoms with E-state index in [9.17, 15) is 17.6 Å². The van der Waals surface area contributed by atoms with E-state index >= 15 is 0 Å². The first kappa shape index (κ1) is 22.9. The van der Waals surface area contributed by atoms with E-state index in [1.165, 1.54) is 12.1 Å². The molecular weight excluding hydrogens is 468 g/mol. The molecule has 0 unspecified atom stereocenters. The van der Waals surface area contributed by atoms with Crippen molar-refractivity contribution in [3.63, 3.8) is 0 Å². The average molecular weight is 488 g/mol. The van der Waals surface area contributed by atoms with Crippen LogP contribution < -0.4 is 19.9 Å². The van der Waals surface area contributed by atoms with Gasteiger partial charge in [-0.15, -0.1) is 0 Å². The molecule has 35 heavy (non-hydrogen) atoms. The molecule has 11 heteroatoms. The summed E-state index contributed by atoms with van der Waals surface area (Å²) in [5.41, 5.74) is 10.3. The zero-order chi connectivity index (χ0) is 24.8. The normalized spacial score (nSPS) is 16.7. The van der Waals surface area contributed by atoms with Gasteiger partial charge in [-0.3, -0.25) is 10.1 Å². The van der Waals surface area contributed by atoms with E-state index in [1.807, 2.05) is 31.2 Å². The van der Waals surface area contributed by atoms with Gasteiger partial charge in [0.2, 0.25) is 0 Å². The van der Waals surface area contributed by atoms with Gasteiger partial charge in [0.1, 0.15) is 12.4 Å². The molecule has 0 aliphatic carbocycles. The summed E-state index contributed by atoms with van der Waals surface area (Å²) >= 11 is 0. The second kappa shape index (κ2) is 8.42. The number of nitrogens with zero attached hydrogens (tertiary/aromatic N) is 2. The Kier molecular flexibility index (Phi) is 5.51. The number of ether oxygens (including phenoxy) is 3. The molecule has 0 fully saturated rings. The predicted molar refractivity (Wildman–Crippen MR) is 119 cm³/mol. The van der Waals surface area contributed by atoms with Gasteiger partial charge in [0.05, 0.1) is 17.4 Å². The monoisotopic (exact) mass is 488 g/mol. The number of aromatic amines is 1. The van der Waals surface area contributed by atoms with Crippen molar-refractivity contribution in [2.45, 2.75) is 31.6 Å². The molecule has 2 aromatic carbocycles. The zero-order valence-corrected chi connectivity index (χ0v) is 18.4. The summed E-state index contributed by atoms with van der Waals surface area (Å²) in [5.74, 6) is -0.444. The molecule has 0 saturated heterocycles. The first-order valence-corrected chi connectivity index (χ1v) is 10.7. The van der Waals surface area contributed by atoms with Crippen LogP contribution in [0.25, 0.3) is 22.0 Å². The third kappa shape index (κ3) is 4.46. The number of fused-ring (bicyclic) bond motifs is 2. The number of rotatable bonds is 6. The highest BCUT2D eigenvalue weighted by Crippen LogP contribution is 2.47. The molecule has 0 amide bonds. The lowest BCUT2D eigenvalue weighted by Gasteiger charge is -2.32. The number of aryl methyl sites for hydroxylation is 1. The van der Waals surface area contributed by atoms with Gasteiger partial charge in [-0.2, -0.15) is 22.7 Å². The quantitative estimate of drug-likeness (QED) is 0.377. The van der Waals surface area contributed by atoms with E-state index in [4.69, 9.17) is 10.5 Å². The van der Waals surface area contributed by atoms with Crippen LogP contribution in [-0.4, -0.2) is 40.0 Å². The van der Waals surface area contributed by atoms with Gasteiger partial charge < -0.3 is 19.9 Å². The van der Waals surface area contributed by atoms with Crippen molar-refractivity contribution in [2.24, 2.45) is 5.73 Å². The van der Waals surface area contributed by atoms with E-state index in [-0.39, 0.29) is 13.0 Å². The highest BCUT2D eigenvalue weighted by Gasteiger charge is 2.65. The number of alkyl halides is 4. The number of aromatic nitrogens is 3. The Morgan fingerprint density at radius 3 is 2.54 bits per heavy atom. The van der Waals surface area contributed by atoms with Crippen LogP contribution in [-0.2, 0) is 6.42 Å². The van der Waals surface area contributed by atoms with Crippen molar-refractivity contribution >= 4 is 10.9 Å². The summed E-state index contributed by atoms with van der Waals surface area (Å²) in [4.78, 5) is 4.23.